The molecule has 0 aromatic rings. The molecule has 3 unspecified atom stereocenters. The van der Waals surface area contributed by atoms with Crippen LogP contribution in [0, 0.1) is 5.92 Å². The first-order valence-corrected chi connectivity index (χ1v) is 8.87. The van der Waals surface area contributed by atoms with Crippen LogP contribution in [-0.4, -0.2) is 42.1 Å². The zero-order valence-corrected chi connectivity index (χ0v) is 14.0. The highest BCUT2D eigenvalue weighted by Gasteiger charge is 2.36. The number of nitrogens with zero attached hydrogens (tertiary/aromatic N) is 1. The van der Waals surface area contributed by atoms with E-state index in [0.29, 0.717) is 12.1 Å². The van der Waals surface area contributed by atoms with Crippen LogP contribution < -0.4 is 10.6 Å². The van der Waals surface area contributed by atoms with E-state index in [0.717, 1.165) is 25.3 Å². The molecule has 2 N–H and O–H groups in total. The lowest BCUT2D eigenvalue weighted by Gasteiger charge is -2.32. The number of carbonyl (C=O) groups excluding carboxylic acids is 1. The number of nitrogens with one attached hydrogen (secondary N) is 2. The predicted octanol–water partition coefficient (Wildman–Crippen LogP) is 3.13. The lowest BCUT2D eigenvalue weighted by atomic mass is 9.99. The summed E-state index contributed by atoms with van der Waals surface area (Å²) in [6, 6.07) is 1.24. The minimum atomic E-state index is 0.0319. The van der Waals surface area contributed by atoms with Gasteiger partial charge in [-0.1, -0.05) is 33.1 Å². The minimum absolute atomic E-state index is 0.0319. The van der Waals surface area contributed by atoms with Crippen molar-refractivity contribution in [3.8, 4) is 0 Å². The fourth-order valence-electron chi connectivity index (χ4n) is 3.75. The van der Waals surface area contributed by atoms with Crippen molar-refractivity contribution in [3.63, 3.8) is 0 Å². The minimum Gasteiger partial charge on any atom is -0.336 e. The van der Waals surface area contributed by atoms with Gasteiger partial charge >= 0.3 is 6.03 Å². The second-order valence-corrected chi connectivity index (χ2v) is 7.34. The van der Waals surface area contributed by atoms with Crippen molar-refractivity contribution in [2.75, 3.05) is 13.1 Å². The van der Waals surface area contributed by atoms with Gasteiger partial charge in [-0.3, -0.25) is 4.90 Å². The number of hydrogen-bond acceptors (Lipinski definition) is 2. The van der Waals surface area contributed by atoms with Crippen LogP contribution >= 0.6 is 0 Å². The van der Waals surface area contributed by atoms with Crippen LogP contribution in [0.15, 0.2) is 0 Å². The zero-order valence-electron chi connectivity index (χ0n) is 14.0. The van der Waals surface area contributed by atoms with Crippen LogP contribution in [0.25, 0.3) is 0 Å². The maximum Gasteiger partial charge on any atom is 0.315 e. The van der Waals surface area contributed by atoms with Crippen molar-refractivity contribution in [2.45, 2.75) is 83.8 Å². The third-order valence-corrected chi connectivity index (χ3v) is 4.97. The van der Waals surface area contributed by atoms with Gasteiger partial charge in [0.05, 0.1) is 0 Å². The van der Waals surface area contributed by atoms with Gasteiger partial charge in [-0.2, -0.15) is 0 Å². The van der Waals surface area contributed by atoms with Crippen molar-refractivity contribution in [1.29, 1.82) is 0 Å². The van der Waals surface area contributed by atoms with E-state index >= 15 is 0 Å². The Morgan fingerprint density at radius 2 is 1.95 bits per heavy atom. The Balaban J connectivity index is 1.67. The second kappa shape index (κ2) is 8.02. The van der Waals surface area contributed by atoms with Gasteiger partial charge in [0.15, 0.2) is 0 Å². The van der Waals surface area contributed by atoms with Crippen molar-refractivity contribution >= 4 is 6.03 Å². The first-order chi connectivity index (χ1) is 10.1. The average Bonchev–Trinajstić information content (AvgIpc) is 2.81. The second-order valence-electron chi connectivity index (χ2n) is 7.34. The smallest absolute Gasteiger partial charge is 0.315 e. The molecular formula is C17H33N3O. The Labute approximate surface area is 130 Å². The molecule has 2 saturated heterocycles. The van der Waals surface area contributed by atoms with Gasteiger partial charge in [-0.25, -0.2) is 4.79 Å². The monoisotopic (exact) mass is 295 g/mol. The molecule has 0 bridgehead atoms. The molecule has 4 nitrogen and oxygen atoms in total. The quantitative estimate of drug-likeness (QED) is 0.791. The molecule has 0 aromatic heterocycles. The fraction of sp³-hybridized carbons (Fsp3) is 0.941. The number of carbonyl (C=O) groups is 1. The van der Waals surface area contributed by atoms with Crippen LogP contribution in [0.5, 0.6) is 0 Å². The van der Waals surface area contributed by atoms with Crippen LogP contribution in [0.3, 0.4) is 0 Å². The SMILES string of the molecule is CC(C)CCCC(C)NC(=O)NC1CCN2CCCCC12. The molecule has 3 atom stereocenters. The molecular weight excluding hydrogens is 262 g/mol. The summed E-state index contributed by atoms with van der Waals surface area (Å²) in [7, 11) is 0. The van der Waals surface area contributed by atoms with Crippen LogP contribution in [-0.2, 0) is 0 Å². The summed E-state index contributed by atoms with van der Waals surface area (Å²) in [6.07, 6.45) is 8.50. The summed E-state index contributed by atoms with van der Waals surface area (Å²) in [4.78, 5) is 14.7. The van der Waals surface area contributed by atoms with Crippen molar-refractivity contribution < 1.29 is 4.79 Å². The molecule has 0 spiro atoms. The van der Waals surface area contributed by atoms with Gasteiger partial charge in [0, 0.05) is 24.7 Å². The maximum atomic E-state index is 12.1. The molecule has 122 valence electrons. The van der Waals surface area contributed by atoms with E-state index in [9.17, 15) is 4.79 Å². The van der Waals surface area contributed by atoms with E-state index in [-0.39, 0.29) is 12.1 Å². The lowest BCUT2D eigenvalue weighted by Crippen LogP contribution is -2.51. The highest BCUT2D eigenvalue weighted by atomic mass is 16.2. The molecule has 2 rings (SSSR count). The van der Waals surface area contributed by atoms with E-state index in [2.05, 4.69) is 36.3 Å². The summed E-state index contributed by atoms with van der Waals surface area (Å²) < 4.78 is 0. The Bertz CT molecular complexity index is 332. The Morgan fingerprint density at radius 1 is 1.14 bits per heavy atom. The highest BCUT2D eigenvalue weighted by molar-refractivity contribution is 5.74. The molecule has 2 fully saturated rings. The largest absolute Gasteiger partial charge is 0.336 e. The molecule has 0 radical (unpaired) electrons. The number of fused-ring (bicyclic) bond motifs is 1. The summed E-state index contributed by atoms with van der Waals surface area (Å²) in [5.74, 6) is 0.752. The topological polar surface area (TPSA) is 44.4 Å². The zero-order chi connectivity index (χ0) is 15.2. The van der Waals surface area contributed by atoms with Crippen LogP contribution in [0.2, 0.25) is 0 Å². The average molecular weight is 295 g/mol. The van der Waals surface area contributed by atoms with Gasteiger partial charge in [0.1, 0.15) is 0 Å². The van der Waals surface area contributed by atoms with Gasteiger partial charge in [0.2, 0.25) is 0 Å². The van der Waals surface area contributed by atoms with Crippen LogP contribution in [0.1, 0.15) is 65.7 Å². The van der Waals surface area contributed by atoms with E-state index in [1.165, 1.54) is 38.6 Å². The summed E-state index contributed by atoms with van der Waals surface area (Å²) >= 11 is 0. The molecule has 2 aliphatic rings. The number of urea groups is 1. The Hall–Kier alpha value is -0.770. The predicted molar refractivity (Wildman–Crippen MR) is 87.4 cm³/mol. The van der Waals surface area contributed by atoms with Gasteiger partial charge in [-0.05, 0) is 45.1 Å². The first-order valence-electron chi connectivity index (χ1n) is 8.87. The van der Waals surface area contributed by atoms with E-state index in [1.807, 2.05) is 0 Å². The first kappa shape index (κ1) is 16.6. The molecule has 2 amide bonds. The fourth-order valence-corrected chi connectivity index (χ4v) is 3.75. The maximum absolute atomic E-state index is 12.1. The van der Waals surface area contributed by atoms with Crippen LogP contribution in [0.4, 0.5) is 4.79 Å². The highest BCUT2D eigenvalue weighted by Crippen LogP contribution is 2.27. The molecule has 0 saturated carbocycles. The van der Waals surface area contributed by atoms with Crippen molar-refractivity contribution in [1.82, 2.24) is 15.5 Å². The van der Waals surface area contributed by atoms with Gasteiger partial charge in [-0.15, -0.1) is 0 Å². The third kappa shape index (κ3) is 5.17. The molecule has 2 aliphatic heterocycles. The standard InChI is InChI=1S/C17H33N3O/c1-13(2)7-6-8-14(3)18-17(21)19-15-10-12-20-11-5-4-9-16(15)20/h13-16H,4-12H2,1-3H3,(H2,18,19,21). The number of rotatable bonds is 6. The molecule has 2 heterocycles. The molecule has 4 heteroatoms. The van der Waals surface area contributed by atoms with Crippen molar-refractivity contribution in [2.24, 2.45) is 5.92 Å². The van der Waals surface area contributed by atoms with E-state index in [4.69, 9.17) is 0 Å². The summed E-state index contributed by atoms with van der Waals surface area (Å²) in [6.45, 7) is 8.98. The van der Waals surface area contributed by atoms with E-state index < -0.39 is 0 Å². The van der Waals surface area contributed by atoms with Crippen molar-refractivity contribution in [3.05, 3.63) is 0 Å². The number of piperidine rings is 1. The summed E-state index contributed by atoms with van der Waals surface area (Å²) in [5.41, 5.74) is 0. The molecule has 21 heavy (non-hydrogen) atoms. The third-order valence-electron chi connectivity index (χ3n) is 4.97. The van der Waals surface area contributed by atoms with Gasteiger partial charge < -0.3 is 10.6 Å². The number of hydrogen-bond donors (Lipinski definition) is 2. The Morgan fingerprint density at radius 3 is 2.71 bits per heavy atom. The van der Waals surface area contributed by atoms with E-state index in [1.54, 1.807) is 0 Å². The number of amides is 2. The summed E-state index contributed by atoms with van der Waals surface area (Å²) in [5, 5.41) is 6.32. The van der Waals surface area contributed by atoms with Gasteiger partial charge in [0.25, 0.3) is 0 Å². The molecule has 0 aromatic carbocycles. The Kier molecular flexibility index (Phi) is 6.34. The normalized spacial score (nSPS) is 27.4. The lowest BCUT2D eigenvalue weighted by molar-refractivity contribution is 0.178. The molecule has 0 aliphatic carbocycles.